The van der Waals surface area contributed by atoms with E-state index in [2.05, 4.69) is 15.4 Å². The molecule has 0 radical (unpaired) electrons. The molecule has 0 atom stereocenters. The lowest BCUT2D eigenvalue weighted by molar-refractivity contribution is 0.0941. The van der Waals surface area contributed by atoms with Crippen LogP contribution in [0.4, 0.5) is 4.39 Å². The average molecular weight is 369 g/mol. The number of rotatable bonds is 5. The maximum Gasteiger partial charge on any atom is 0.352 e. The van der Waals surface area contributed by atoms with Crippen LogP contribution in [0.5, 0.6) is 0 Å². The van der Waals surface area contributed by atoms with Gasteiger partial charge >= 0.3 is 5.69 Å². The van der Waals surface area contributed by atoms with Crippen molar-refractivity contribution >= 4 is 5.91 Å². The summed E-state index contributed by atoms with van der Waals surface area (Å²) in [5.41, 5.74) is -1.58. The van der Waals surface area contributed by atoms with Crippen molar-refractivity contribution in [3.8, 4) is 5.69 Å². The number of para-hydroxylation sites is 1. The number of hydrogen-bond acceptors (Lipinski definition) is 5. The number of carbonyl (C=O) groups excluding carboxylic acids is 1. The molecule has 138 valence electrons. The summed E-state index contributed by atoms with van der Waals surface area (Å²) in [7, 11) is 0. The summed E-state index contributed by atoms with van der Waals surface area (Å²) in [6.45, 7) is 1.71. The van der Waals surface area contributed by atoms with E-state index < -0.39 is 28.7 Å². The van der Waals surface area contributed by atoms with Crippen LogP contribution in [0.15, 0.2) is 58.4 Å². The van der Waals surface area contributed by atoms with Gasteiger partial charge in [0.1, 0.15) is 11.5 Å². The first-order valence-corrected chi connectivity index (χ1v) is 8.19. The standard InChI is InChI=1S/C18H16FN5O3/c1-2-23-17(26)15(16(25)21-11-12-6-5-9-20-10-12)22-24(18(23)27)14-8-4-3-7-13(14)19/h3-10H,2,11H2,1H3,(H,21,25). The van der Waals surface area contributed by atoms with Crippen molar-refractivity contribution in [1.82, 2.24) is 24.6 Å². The number of nitrogens with zero attached hydrogens (tertiary/aromatic N) is 4. The van der Waals surface area contributed by atoms with Gasteiger partial charge in [-0.2, -0.15) is 9.78 Å². The molecule has 0 aliphatic rings. The number of aromatic nitrogens is 4. The average Bonchev–Trinajstić information content (AvgIpc) is 2.68. The number of nitrogens with one attached hydrogen (secondary N) is 1. The van der Waals surface area contributed by atoms with Crippen LogP contribution in [0.2, 0.25) is 0 Å². The highest BCUT2D eigenvalue weighted by Crippen LogP contribution is 2.08. The second-order valence-electron chi connectivity index (χ2n) is 5.59. The maximum atomic E-state index is 14.1. The monoisotopic (exact) mass is 369 g/mol. The minimum absolute atomic E-state index is 0.0114. The third-order valence-electron chi connectivity index (χ3n) is 3.85. The molecule has 0 fully saturated rings. The lowest BCUT2D eigenvalue weighted by atomic mass is 10.3. The van der Waals surface area contributed by atoms with Crippen molar-refractivity contribution in [3.05, 3.63) is 86.7 Å². The Hall–Kier alpha value is -3.62. The first-order valence-electron chi connectivity index (χ1n) is 8.19. The fourth-order valence-electron chi connectivity index (χ4n) is 2.49. The predicted molar refractivity (Wildman–Crippen MR) is 95.1 cm³/mol. The lowest BCUT2D eigenvalue weighted by Crippen LogP contribution is -2.45. The van der Waals surface area contributed by atoms with Gasteiger partial charge in [-0.25, -0.2) is 9.18 Å². The molecule has 8 nitrogen and oxygen atoms in total. The van der Waals surface area contributed by atoms with E-state index in [-0.39, 0.29) is 18.8 Å². The van der Waals surface area contributed by atoms with Crippen LogP contribution in [-0.2, 0) is 13.1 Å². The second kappa shape index (κ2) is 7.73. The third-order valence-corrected chi connectivity index (χ3v) is 3.85. The minimum Gasteiger partial charge on any atom is -0.346 e. The molecule has 0 saturated carbocycles. The summed E-state index contributed by atoms with van der Waals surface area (Å²) >= 11 is 0. The van der Waals surface area contributed by atoms with Crippen molar-refractivity contribution in [2.75, 3.05) is 0 Å². The number of pyridine rings is 1. The number of benzene rings is 1. The fraction of sp³-hybridized carbons (Fsp3) is 0.167. The fourth-order valence-corrected chi connectivity index (χ4v) is 2.49. The predicted octanol–water partition coefficient (Wildman–Crippen LogP) is 0.878. The minimum atomic E-state index is -0.834. The molecule has 1 amide bonds. The Morgan fingerprint density at radius 1 is 1.19 bits per heavy atom. The Balaban J connectivity index is 2.04. The lowest BCUT2D eigenvalue weighted by Gasteiger charge is -2.11. The molecule has 3 aromatic rings. The zero-order valence-electron chi connectivity index (χ0n) is 14.4. The van der Waals surface area contributed by atoms with Gasteiger partial charge in [0.15, 0.2) is 0 Å². The largest absolute Gasteiger partial charge is 0.352 e. The van der Waals surface area contributed by atoms with Gasteiger partial charge in [0, 0.05) is 25.5 Å². The quantitative estimate of drug-likeness (QED) is 0.720. The van der Waals surface area contributed by atoms with Crippen molar-refractivity contribution < 1.29 is 9.18 Å². The van der Waals surface area contributed by atoms with Gasteiger partial charge in [-0.15, -0.1) is 0 Å². The Morgan fingerprint density at radius 2 is 1.96 bits per heavy atom. The van der Waals surface area contributed by atoms with E-state index in [1.165, 1.54) is 18.2 Å². The Bertz CT molecular complexity index is 1090. The van der Waals surface area contributed by atoms with E-state index in [1.807, 2.05) is 0 Å². The molecular weight excluding hydrogens is 353 g/mol. The van der Waals surface area contributed by atoms with Gasteiger partial charge in [-0.05, 0) is 30.7 Å². The summed E-state index contributed by atoms with van der Waals surface area (Å²) in [6.07, 6.45) is 3.16. The summed E-state index contributed by atoms with van der Waals surface area (Å²) in [4.78, 5) is 41.4. The molecule has 0 aliphatic heterocycles. The van der Waals surface area contributed by atoms with Gasteiger partial charge < -0.3 is 5.32 Å². The molecule has 0 saturated heterocycles. The summed E-state index contributed by atoms with van der Waals surface area (Å²) in [6, 6.07) is 8.95. The Morgan fingerprint density at radius 3 is 2.63 bits per heavy atom. The molecule has 1 aromatic carbocycles. The molecule has 2 aromatic heterocycles. The molecule has 0 aliphatic carbocycles. The van der Waals surface area contributed by atoms with Crippen LogP contribution in [0.25, 0.3) is 5.69 Å². The summed E-state index contributed by atoms with van der Waals surface area (Å²) in [5, 5.41) is 6.38. The highest BCUT2D eigenvalue weighted by atomic mass is 19.1. The molecule has 1 N–H and O–H groups in total. The topological polar surface area (TPSA) is 98.9 Å². The van der Waals surface area contributed by atoms with E-state index in [0.717, 1.165) is 20.9 Å². The van der Waals surface area contributed by atoms with Gasteiger partial charge in [-0.1, -0.05) is 18.2 Å². The number of carbonyl (C=O) groups is 1. The van der Waals surface area contributed by atoms with Gasteiger partial charge in [0.05, 0.1) is 0 Å². The molecule has 27 heavy (non-hydrogen) atoms. The maximum absolute atomic E-state index is 14.1. The van der Waals surface area contributed by atoms with Crippen LogP contribution >= 0.6 is 0 Å². The summed E-state index contributed by atoms with van der Waals surface area (Å²) in [5.74, 6) is -1.47. The van der Waals surface area contributed by atoms with E-state index in [9.17, 15) is 18.8 Å². The second-order valence-corrected chi connectivity index (χ2v) is 5.59. The zero-order chi connectivity index (χ0) is 19.4. The van der Waals surface area contributed by atoms with E-state index in [4.69, 9.17) is 0 Å². The zero-order valence-corrected chi connectivity index (χ0v) is 14.4. The molecule has 9 heteroatoms. The summed E-state index contributed by atoms with van der Waals surface area (Å²) < 4.78 is 15.7. The first kappa shape index (κ1) is 18.2. The van der Waals surface area contributed by atoms with E-state index in [1.54, 1.807) is 31.5 Å². The normalized spacial score (nSPS) is 10.6. The van der Waals surface area contributed by atoms with Crippen molar-refractivity contribution in [2.24, 2.45) is 0 Å². The van der Waals surface area contributed by atoms with Gasteiger partial charge in [0.25, 0.3) is 11.5 Å². The van der Waals surface area contributed by atoms with Gasteiger partial charge in [0.2, 0.25) is 5.69 Å². The number of amides is 1. The molecular formula is C18H16FN5O3. The Kier molecular flexibility index (Phi) is 5.20. The highest BCUT2D eigenvalue weighted by Gasteiger charge is 2.20. The van der Waals surface area contributed by atoms with E-state index >= 15 is 0 Å². The van der Waals surface area contributed by atoms with Crippen molar-refractivity contribution in [3.63, 3.8) is 0 Å². The molecule has 2 heterocycles. The SMILES string of the molecule is CCn1c(=O)c(C(=O)NCc2cccnc2)nn(-c2ccccc2F)c1=O. The molecule has 0 spiro atoms. The molecule has 0 unspecified atom stereocenters. The highest BCUT2D eigenvalue weighted by molar-refractivity contribution is 5.91. The first-order chi connectivity index (χ1) is 13.0. The van der Waals surface area contributed by atoms with Crippen molar-refractivity contribution in [1.29, 1.82) is 0 Å². The molecule has 3 rings (SSSR count). The van der Waals surface area contributed by atoms with Crippen LogP contribution in [-0.4, -0.2) is 25.2 Å². The smallest absolute Gasteiger partial charge is 0.346 e. The third kappa shape index (κ3) is 3.66. The Labute approximate surface area is 152 Å². The van der Waals surface area contributed by atoms with Crippen LogP contribution in [0, 0.1) is 5.82 Å². The van der Waals surface area contributed by atoms with Gasteiger partial charge in [-0.3, -0.25) is 19.1 Å². The van der Waals surface area contributed by atoms with Crippen molar-refractivity contribution in [2.45, 2.75) is 20.0 Å². The number of halogens is 1. The van der Waals surface area contributed by atoms with E-state index in [0.29, 0.717) is 0 Å². The number of hydrogen-bond donors (Lipinski definition) is 1. The molecule has 0 bridgehead atoms. The van der Waals surface area contributed by atoms with Crippen LogP contribution < -0.4 is 16.6 Å². The van der Waals surface area contributed by atoms with Crippen LogP contribution in [0.3, 0.4) is 0 Å². The van der Waals surface area contributed by atoms with Crippen LogP contribution in [0.1, 0.15) is 23.0 Å².